The summed E-state index contributed by atoms with van der Waals surface area (Å²) < 4.78 is 14.1. The standard InChI is InChI=1S/C20H21FN4OS/c1-14(19(26)23-20-22-17-4-2-3-5-18(17)27-20)24-10-12-25(13-11-24)16-8-6-15(21)7-9-16/h2-9,14H,10-13H2,1H3,(H,22,23,26). The second kappa shape index (κ2) is 7.62. The molecule has 1 fully saturated rings. The van der Waals surface area contributed by atoms with Crippen LogP contribution in [0.2, 0.25) is 0 Å². The lowest BCUT2D eigenvalue weighted by atomic mass is 10.2. The maximum absolute atomic E-state index is 13.1. The number of amides is 1. The number of para-hydroxylation sites is 1. The Bertz CT molecular complexity index is 902. The molecule has 0 aliphatic carbocycles. The number of fused-ring (bicyclic) bond motifs is 1. The molecule has 1 aliphatic heterocycles. The number of hydrogen-bond acceptors (Lipinski definition) is 5. The third-order valence-corrected chi connectivity index (χ3v) is 5.91. The Labute approximate surface area is 161 Å². The monoisotopic (exact) mass is 384 g/mol. The number of anilines is 2. The first-order chi connectivity index (χ1) is 13.1. The topological polar surface area (TPSA) is 48.5 Å². The number of nitrogens with zero attached hydrogens (tertiary/aromatic N) is 3. The lowest BCUT2D eigenvalue weighted by Gasteiger charge is -2.38. The predicted molar refractivity (Wildman–Crippen MR) is 108 cm³/mol. The van der Waals surface area contributed by atoms with Gasteiger partial charge in [-0.25, -0.2) is 9.37 Å². The quantitative estimate of drug-likeness (QED) is 0.747. The highest BCUT2D eigenvalue weighted by Crippen LogP contribution is 2.26. The number of rotatable bonds is 4. The highest BCUT2D eigenvalue weighted by Gasteiger charge is 2.26. The van der Waals surface area contributed by atoms with Crippen LogP contribution in [0.3, 0.4) is 0 Å². The van der Waals surface area contributed by atoms with Gasteiger partial charge < -0.3 is 10.2 Å². The molecule has 1 aliphatic rings. The Morgan fingerprint density at radius 3 is 2.52 bits per heavy atom. The van der Waals surface area contributed by atoms with Crippen LogP contribution in [-0.2, 0) is 4.79 Å². The van der Waals surface area contributed by atoms with Crippen molar-refractivity contribution < 1.29 is 9.18 Å². The zero-order valence-electron chi connectivity index (χ0n) is 15.1. The lowest BCUT2D eigenvalue weighted by Crippen LogP contribution is -2.52. The molecule has 1 N–H and O–H groups in total. The van der Waals surface area contributed by atoms with Crippen molar-refractivity contribution in [2.75, 3.05) is 36.4 Å². The summed E-state index contributed by atoms with van der Waals surface area (Å²) in [5, 5.41) is 3.59. The van der Waals surface area contributed by atoms with Crippen molar-refractivity contribution in [1.29, 1.82) is 0 Å². The van der Waals surface area contributed by atoms with E-state index in [0.29, 0.717) is 5.13 Å². The maximum Gasteiger partial charge on any atom is 0.243 e. The highest BCUT2D eigenvalue weighted by molar-refractivity contribution is 7.22. The molecule has 1 amide bonds. The number of piperazine rings is 1. The number of carbonyl (C=O) groups is 1. The van der Waals surface area contributed by atoms with Crippen LogP contribution in [0.5, 0.6) is 0 Å². The van der Waals surface area contributed by atoms with Gasteiger partial charge in [-0.15, -0.1) is 0 Å². The molecule has 4 rings (SSSR count). The second-order valence-electron chi connectivity index (χ2n) is 6.65. The van der Waals surface area contributed by atoms with Gasteiger partial charge in [0.1, 0.15) is 5.82 Å². The van der Waals surface area contributed by atoms with Crippen LogP contribution >= 0.6 is 11.3 Å². The maximum atomic E-state index is 13.1. The first-order valence-corrected chi connectivity index (χ1v) is 9.83. The summed E-state index contributed by atoms with van der Waals surface area (Å²) in [5.41, 5.74) is 1.92. The van der Waals surface area contributed by atoms with E-state index in [9.17, 15) is 9.18 Å². The summed E-state index contributed by atoms with van der Waals surface area (Å²) in [6.07, 6.45) is 0. The van der Waals surface area contributed by atoms with E-state index in [1.165, 1.54) is 23.5 Å². The molecule has 0 radical (unpaired) electrons. The van der Waals surface area contributed by atoms with Gasteiger partial charge in [-0.1, -0.05) is 23.5 Å². The summed E-state index contributed by atoms with van der Waals surface area (Å²) in [5.74, 6) is -0.262. The van der Waals surface area contributed by atoms with Gasteiger partial charge in [-0.2, -0.15) is 0 Å². The first-order valence-electron chi connectivity index (χ1n) is 9.01. The number of thiazole rings is 1. The molecule has 5 nitrogen and oxygen atoms in total. The molecular formula is C20H21FN4OS. The number of hydrogen-bond donors (Lipinski definition) is 1. The number of halogens is 1. The second-order valence-corrected chi connectivity index (χ2v) is 7.68. The summed E-state index contributed by atoms with van der Waals surface area (Å²) in [7, 11) is 0. The van der Waals surface area contributed by atoms with E-state index in [2.05, 4.69) is 20.1 Å². The molecule has 1 unspecified atom stereocenters. The van der Waals surface area contributed by atoms with Gasteiger partial charge in [0, 0.05) is 31.9 Å². The SMILES string of the molecule is CC(C(=O)Nc1nc2ccccc2s1)N1CCN(c2ccc(F)cc2)CC1. The molecule has 0 bridgehead atoms. The van der Waals surface area contributed by atoms with Crippen molar-refractivity contribution in [1.82, 2.24) is 9.88 Å². The van der Waals surface area contributed by atoms with E-state index in [1.807, 2.05) is 31.2 Å². The van der Waals surface area contributed by atoms with Crippen LogP contribution in [-0.4, -0.2) is 48.0 Å². The normalized spacial score (nSPS) is 16.4. The fraction of sp³-hybridized carbons (Fsp3) is 0.300. The van der Waals surface area contributed by atoms with Crippen molar-refractivity contribution in [2.45, 2.75) is 13.0 Å². The average Bonchev–Trinajstić information content (AvgIpc) is 3.10. The van der Waals surface area contributed by atoms with Crippen molar-refractivity contribution >= 4 is 38.3 Å². The molecule has 1 saturated heterocycles. The van der Waals surface area contributed by atoms with Crippen molar-refractivity contribution in [2.24, 2.45) is 0 Å². The van der Waals surface area contributed by atoms with Gasteiger partial charge in [0.15, 0.2) is 5.13 Å². The fourth-order valence-electron chi connectivity index (χ4n) is 3.32. The van der Waals surface area contributed by atoms with Crippen LogP contribution in [0, 0.1) is 5.82 Å². The summed E-state index contributed by atoms with van der Waals surface area (Å²) in [4.78, 5) is 21.5. The molecule has 1 atom stereocenters. The Hall–Kier alpha value is -2.51. The number of aromatic nitrogens is 1. The lowest BCUT2D eigenvalue weighted by molar-refractivity contribution is -0.120. The Balaban J connectivity index is 1.34. The zero-order chi connectivity index (χ0) is 18.8. The minimum atomic E-state index is -0.229. The third-order valence-electron chi connectivity index (χ3n) is 4.96. The van der Waals surface area contributed by atoms with Gasteiger partial charge in [0.25, 0.3) is 0 Å². The van der Waals surface area contributed by atoms with Crippen LogP contribution in [0.1, 0.15) is 6.92 Å². The molecular weight excluding hydrogens is 363 g/mol. The Morgan fingerprint density at radius 2 is 1.81 bits per heavy atom. The van der Waals surface area contributed by atoms with E-state index in [-0.39, 0.29) is 17.8 Å². The highest BCUT2D eigenvalue weighted by atomic mass is 32.1. The average molecular weight is 384 g/mol. The Kier molecular flexibility index (Phi) is 5.05. The van der Waals surface area contributed by atoms with Gasteiger partial charge in [0.2, 0.25) is 5.91 Å². The largest absolute Gasteiger partial charge is 0.369 e. The van der Waals surface area contributed by atoms with Gasteiger partial charge in [0.05, 0.1) is 16.3 Å². The molecule has 1 aromatic heterocycles. The third kappa shape index (κ3) is 3.94. The molecule has 0 spiro atoms. The van der Waals surface area contributed by atoms with Gasteiger partial charge >= 0.3 is 0 Å². The summed E-state index contributed by atoms with van der Waals surface area (Å²) >= 11 is 1.49. The fourth-order valence-corrected chi connectivity index (χ4v) is 4.19. The number of benzene rings is 2. The van der Waals surface area contributed by atoms with Crippen LogP contribution in [0.4, 0.5) is 15.2 Å². The number of carbonyl (C=O) groups excluding carboxylic acids is 1. The molecule has 140 valence electrons. The van der Waals surface area contributed by atoms with Crippen LogP contribution in [0.25, 0.3) is 10.2 Å². The van der Waals surface area contributed by atoms with Crippen LogP contribution < -0.4 is 10.2 Å². The Morgan fingerprint density at radius 1 is 1.11 bits per heavy atom. The molecule has 27 heavy (non-hydrogen) atoms. The van der Waals surface area contributed by atoms with Crippen molar-refractivity contribution in [3.8, 4) is 0 Å². The van der Waals surface area contributed by atoms with E-state index < -0.39 is 0 Å². The van der Waals surface area contributed by atoms with Crippen LogP contribution in [0.15, 0.2) is 48.5 Å². The van der Waals surface area contributed by atoms with Crippen molar-refractivity contribution in [3.05, 3.63) is 54.3 Å². The predicted octanol–water partition coefficient (Wildman–Crippen LogP) is 3.58. The minimum Gasteiger partial charge on any atom is -0.369 e. The van der Waals surface area contributed by atoms with E-state index >= 15 is 0 Å². The molecule has 3 aromatic rings. The smallest absolute Gasteiger partial charge is 0.243 e. The number of nitrogens with one attached hydrogen (secondary N) is 1. The van der Waals surface area contributed by atoms with E-state index in [4.69, 9.17) is 0 Å². The summed E-state index contributed by atoms with van der Waals surface area (Å²) in [6, 6.07) is 14.2. The van der Waals surface area contributed by atoms with Gasteiger partial charge in [-0.3, -0.25) is 9.69 Å². The molecule has 7 heteroatoms. The molecule has 2 heterocycles. The van der Waals surface area contributed by atoms with Crippen molar-refractivity contribution in [3.63, 3.8) is 0 Å². The van der Waals surface area contributed by atoms with Gasteiger partial charge in [-0.05, 0) is 43.3 Å². The summed E-state index contributed by atoms with van der Waals surface area (Å²) in [6.45, 7) is 5.11. The van der Waals surface area contributed by atoms with E-state index in [0.717, 1.165) is 42.1 Å². The molecule has 0 saturated carbocycles. The molecule has 2 aromatic carbocycles. The first kappa shape index (κ1) is 17.9. The minimum absolute atomic E-state index is 0.0377. The van der Waals surface area contributed by atoms with E-state index in [1.54, 1.807) is 12.1 Å². The zero-order valence-corrected chi connectivity index (χ0v) is 15.9.